The van der Waals surface area contributed by atoms with Gasteiger partial charge < -0.3 is 14.5 Å². The summed E-state index contributed by atoms with van der Waals surface area (Å²) in [6, 6.07) is 16.4. The molecule has 1 heterocycles. The van der Waals surface area contributed by atoms with Crippen LogP contribution in [0.4, 0.5) is 5.69 Å². The lowest BCUT2D eigenvalue weighted by Crippen LogP contribution is -2.20. The van der Waals surface area contributed by atoms with E-state index in [-0.39, 0.29) is 12.4 Å². The van der Waals surface area contributed by atoms with Crippen molar-refractivity contribution < 1.29 is 18.7 Å². The van der Waals surface area contributed by atoms with Crippen LogP contribution >= 0.6 is 0 Å². The van der Waals surface area contributed by atoms with E-state index in [4.69, 9.17) is 9.15 Å². The van der Waals surface area contributed by atoms with Crippen LogP contribution in [0.15, 0.2) is 59.0 Å². The first kappa shape index (κ1) is 15.8. The summed E-state index contributed by atoms with van der Waals surface area (Å²) >= 11 is 0. The molecule has 5 heteroatoms. The van der Waals surface area contributed by atoms with Gasteiger partial charge >= 0.3 is 5.97 Å². The van der Waals surface area contributed by atoms with Crippen LogP contribution in [0.25, 0.3) is 11.0 Å². The molecule has 5 nitrogen and oxygen atoms in total. The Morgan fingerprint density at radius 3 is 2.54 bits per heavy atom. The lowest BCUT2D eigenvalue weighted by molar-refractivity contribution is -0.119. The molecule has 0 aliphatic rings. The van der Waals surface area contributed by atoms with E-state index in [1.807, 2.05) is 42.5 Å². The van der Waals surface area contributed by atoms with E-state index >= 15 is 0 Å². The van der Waals surface area contributed by atoms with Crippen LogP contribution in [-0.2, 0) is 16.0 Å². The molecule has 0 unspecified atom stereocenters. The summed E-state index contributed by atoms with van der Waals surface area (Å²) in [5.74, 6) is -0.984. The molecule has 0 saturated carbocycles. The number of ether oxygens (including phenoxy) is 1. The van der Waals surface area contributed by atoms with Gasteiger partial charge in [0.1, 0.15) is 5.58 Å². The number of para-hydroxylation sites is 1. The third kappa shape index (κ3) is 3.63. The monoisotopic (exact) mass is 323 g/mol. The molecule has 122 valence electrons. The molecule has 0 aliphatic heterocycles. The summed E-state index contributed by atoms with van der Waals surface area (Å²) in [6.45, 7) is 1.69. The molecule has 3 rings (SSSR count). The van der Waals surface area contributed by atoms with Crippen LogP contribution in [0.5, 0.6) is 0 Å². The highest BCUT2D eigenvalue weighted by atomic mass is 16.5. The van der Waals surface area contributed by atoms with Crippen molar-refractivity contribution in [1.29, 1.82) is 0 Å². The highest BCUT2D eigenvalue weighted by molar-refractivity contribution is 5.96. The molecular formula is C19H17NO4. The van der Waals surface area contributed by atoms with Gasteiger partial charge in [-0.1, -0.05) is 37.3 Å². The largest absolute Gasteiger partial charge is 0.450 e. The molecule has 0 saturated heterocycles. The van der Waals surface area contributed by atoms with Gasteiger partial charge in [0.05, 0.1) is 0 Å². The number of amides is 1. The van der Waals surface area contributed by atoms with Crippen molar-refractivity contribution in [2.24, 2.45) is 0 Å². The third-order valence-corrected chi connectivity index (χ3v) is 3.61. The predicted molar refractivity (Wildman–Crippen MR) is 90.9 cm³/mol. The predicted octanol–water partition coefficient (Wildman–Crippen LogP) is 3.79. The average molecular weight is 323 g/mol. The van der Waals surface area contributed by atoms with E-state index in [2.05, 4.69) is 12.2 Å². The van der Waals surface area contributed by atoms with E-state index in [0.29, 0.717) is 11.3 Å². The first-order valence-electron chi connectivity index (χ1n) is 7.70. The van der Waals surface area contributed by atoms with Crippen LogP contribution in [0.2, 0.25) is 0 Å². The maximum atomic E-state index is 12.0. The Balaban J connectivity index is 1.55. The molecule has 3 aromatic rings. The summed E-state index contributed by atoms with van der Waals surface area (Å²) in [5.41, 5.74) is 2.45. The number of carbonyl (C=O) groups excluding carboxylic acids is 2. The number of anilines is 1. The van der Waals surface area contributed by atoms with Crippen LogP contribution in [-0.4, -0.2) is 18.5 Å². The number of rotatable bonds is 5. The Labute approximate surface area is 139 Å². The van der Waals surface area contributed by atoms with Crippen LogP contribution in [0.3, 0.4) is 0 Å². The number of hydrogen-bond donors (Lipinski definition) is 1. The van der Waals surface area contributed by atoms with Crippen LogP contribution in [0, 0.1) is 0 Å². The third-order valence-electron chi connectivity index (χ3n) is 3.61. The second-order valence-electron chi connectivity index (χ2n) is 5.32. The van der Waals surface area contributed by atoms with Gasteiger partial charge in [0.2, 0.25) is 5.76 Å². The number of fused-ring (bicyclic) bond motifs is 1. The minimum Gasteiger partial charge on any atom is -0.450 e. The molecule has 1 amide bonds. The van der Waals surface area contributed by atoms with Crippen molar-refractivity contribution in [3.63, 3.8) is 0 Å². The quantitative estimate of drug-likeness (QED) is 0.725. The number of benzene rings is 2. The van der Waals surface area contributed by atoms with E-state index in [0.717, 1.165) is 11.8 Å². The van der Waals surface area contributed by atoms with Crippen molar-refractivity contribution in [3.05, 3.63) is 65.9 Å². The summed E-state index contributed by atoms with van der Waals surface area (Å²) < 4.78 is 10.4. The van der Waals surface area contributed by atoms with Gasteiger partial charge in [-0.15, -0.1) is 0 Å². The van der Waals surface area contributed by atoms with Crippen LogP contribution in [0.1, 0.15) is 23.0 Å². The number of carbonyl (C=O) groups is 2. The fraction of sp³-hybridized carbons (Fsp3) is 0.158. The second-order valence-corrected chi connectivity index (χ2v) is 5.32. The molecule has 0 aliphatic carbocycles. The molecule has 0 bridgehead atoms. The van der Waals surface area contributed by atoms with Gasteiger partial charge in [-0.2, -0.15) is 0 Å². The summed E-state index contributed by atoms with van der Waals surface area (Å²) in [4.78, 5) is 23.8. The van der Waals surface area contributed by atoms with Gasteiger partial charge in [-0.3, -0.25) is 4.79 Å². The number of aryl methyl sites for hydroxylation is 1. The Morgan fingerprint density at radius 1 is 1.08 bits per heavy atom. The van der Waals surface area contributed by atoms with Crippen molar-refractivity contribution in [2.45, 2.75) is 13.3 Å². The molecule has 1 aromatic heterocycles. The smallest absolute Gasteiger partial charge is 0.374 e. The van der Waals surface area contributed by atoms with Gasteiger partial charge in [-0.05, 0) is 36.2 Å². The zero-order valence-electron chi connectivity index (χ0n) is 13.2. The minimum atomic E-state index is -0.664. The lowest BCUT2D eigenvalue weighted by Gasteiger charge is -2.06. The SMILES string of the molecule is CCc1ccc(NC(=O)COC(=O)c2cc3ccccc3o2)cc1. The van der Waals surface area contributed by atoms with E-state index in [1.165, 1.54) is 5.56 Å². The highest BCUT2D eigenvalue weighted by Gasteiger charge is 2.15. The number of nitrogens with one attached hydrogen (secondary N) is 1. The van der Waals surface area contributed by atoms with Gasteiger partial charge in [0, 0.05) is 11.1 Å². The van der Waals surface area contributed by atoms with E-state index in [1.54, 1.807) is 12.1 Å². The Hall–Kier alpha value is -3.08. The zero-order valence-corrected chi connectivity index (χ0v) is 13.2. The maximum Gasteiger partial charge on any atom is 0.374 e. The van der Waals surface area contributed by atoms with Crippen molar-refractivity contribution in [1.82, 2.24) is 0 Å². The summed E-state index contributed by atoms with van der Waals surface area (Å²) in [5, 5.41) is 3.49. The maximum absolute atomic E-state index is 12.0. The highest BCUT2D eigenvalue weighted by Crippen LogP contribution is 2.19. The Morgan fingerprint density at radius 2 is 1.83 bits per heavy atom. The Kier molecular flexibility index (Phi) is 4.61. The van der Waals surface area contributed by atoms with Gasteiger partial charge in [0.15, 0.2) is 6.61 Å². The molecule has 1 N–H and O–H groups in total. The average Bonchev–Trinajstić information content (AvgIpc) is 3.04. The normalized spacial score (nSPS) is 10.5. The minimum absolute atomic E-state index is 0.0799. The first-order valence-corrected chi connectivity index (χ1v) is 7.70. The van der Waals surface area contributed by atoms with E-state index < -0.39 is 11.9 Å². The standard InChI is InChI=1S/C19H17NO4/c1-2-13-7-9-15(10-8-13)20-18(21)12-23-19(22)17-11-14-5-3-4-6-16(14)24-17/h3-11H,2,12H2,1H3,(H,20,21). The molecule has 0 spiro atoms. The molecule has 0 atom stereocenters. The van der Waals surface area contributed by atoms with Gasteiger partial charge in [-0.25, -0.2) is 4.79 Å². The second kappa shape index (κ2) is 7.00. The Bertz CT molecular complexity index is 831. The first-order chi connectivity index (χ1) is 11.7. The fourth-order valence-corrected chi connectivity index (χ4v) is 2.31. The van der Waals surface area contributed by atoms with E-state index in [9.17, 15) is 9.59 Å². The summed E-state index contributed by atoms with van der Waals surface area (Å²) in [6.07, 6.45) is 0.934. The molecular weight excluding hydrogens is 306 g/mol. The molecule has 0 fully saturated rings. The number of hydrogen-bond acceptors (Lipinski definition) is 4. The fourth-order valence-electron chi connectivity index (χ4n) is 2.31. The number of esters is 1. The van der Waals surface area contributed by atoms with Gasteiger partial charge in [0.25, 0.3) is 5.91 Å². The van der Waals surface area contributed by atoms with Crippen molar-refractivity contribution >= 4 is 28.5 Å². The van der Waals surface area contributed by atoms with Crippen molar-refractivity contribution in [3.8, 4) is 0 Å². The lowest BCUT2D eigenvalue weighted by atomic mass is 10.1. The van der Waals surface area contributed by atoms with Crippen molar-refractivity contribution in [2.75, 3.05) is 11.9 Å². The number of furan rings is 1. The zero-order chi connectivity index (χ0) is 16.9. The van der Waals surface area contributed by atoms with Crippen LogP contribution < -0.4 is 5.32 Å². The topological polar surface area (TPSA) is 68.5 Å². The summed E-state index contributed by atoms with van der Waals surface area (Å²) in [7, 11) is 0. The molecule has 0 radical (unpaired) electrons. The molecule has 2 aromatic carbocycles. The molecule has 24 heavy (non-hydrogen) atoms.